The molecular formula is C30H28N2O4S. The first-order valence-electron chi connectivity index (χ1n) is 12.5. The Morgan fingerprint density at radius 3 is 2.41 bits per heavy atom. The zero-order valence-corrected chi connectivity index (χ0v) is 21.2. The van der Waals surface area contributed by atoms with Crippen molar-refractivity contribution in [3.05, 3.63) is 100 Å². The Hall–Kier alpha value is -3.84. The highest BCUT2D eigenvalue weighted by Gasteiger charge is 2.38. The number of aliphatic imine (C=N–C) groups is 1. The van der Waals surface area contributed by atoms with Gasteiger partial charge in [0.25, 0.3) is 5.91 Å². The molecule has 37 heavy (non-hydrogen) atoms. The molecule has 0 unspecified atom stereocenters. The summed E-state index contributed by atoms with van der Waals surface area (Å²) in [6.45, 7) is 0.288. The Balaban J connectivity index is 1.40. The molecule has 1 saturated heterocycles. The molecule has 0 radical (unpaired) electrons. The van der Waals surface area contributed by atoms with E-state index in [0.29, 0.717) is 10.7 Å². The molecule has 0 aromatic heterocycles. The van der Waals surface area contributed by atoms with Gasteiger partial charge in [0.05, 0.1) is 16.2 Å². The summed E-state index contributed by atoms with van der Waals surface area (Å²) >= 11 is 1.41. The van der Waals surface area contributed by atoms with E-state index >= 15 is 0 Å². The summed E-state index contributed by atoms with van der Waals surface area (Å²) in [6.07, 6.45) is 7.34. The molecule has 0 atom stereocenters. The third-order valence-electron chi connectivity index (χ3n) is 6.56. The summed E-state index contributed by atoms with van der Waals surface area (Å²) in [5, 5.41) is 9.83. The van der Waals surface area contributed by atoms with E-state index in [1.54, 1.807) is 24.3 Å². The number of ether oxygens (including phenoxy) is 1. The SMILES string of the molecule is O=C(O)c1ccc(COc2ccccc2/C=C2\SC(=Nc3ccccc3)N(C3CCCCC3)C2=O)cc1. The number of benzene rings is 3. The van der Waals surface area contributed by atoms with Gasteiger partial charge in [0.15, 0.2) is 5.17 Å². The average molecular weight is 513 g/mol. The van der Waals surface area contributed by atoms with Gasteiger partial charge in [-0.15, -0.1) is 0 Å². The van der Waals surface area contributed by atoms with E-state index in [1.165, 1.54) is 18.2 Å². The molecule has 1 N–H and O–H groups in total. The maximum Gasteiger partial charge on any atom is 0.335 e. The maximum absolute atomic E-state index is 13.7. The van der Waals surface area contributed by atoms with Gasteiger partial charge in [-0.3, -0.25) is 9.69 Å². The Labute approximate surface area is 220 Å². The molecule has 2 fully saturated rings. The van der Waals surface area contributed by atoms with Gasteiger partial charge in [0, 0.05) is 11.6 Å². The smallest absolute Gasteiger partial charge is 0.335 e. The topological polar surface area (TPSA) is 79.2 Å². The minimum atomic E-state index is -0.958. The number of rotatable bonds is 7. The Bertz CT molecular complexity index is 1330. The lowest BCUT2D eigenvalue weighted by Gasteiger charge is -2.30. The fourth-order valence-corrected chi connectivity index (χ4v) is 5.67. The molecule has 2 aliphatic rings. The largest absolute Gasteiger partial charge is 0.488 e. The van der Waals surface area contributed by atoms with Gasteiger partial charge in [0.1, 0.15) is 12.4 Å². The fraction of sp³-hybridized carbons (Fsp3) is 0.233. The molecule has 188 valence electrons. The predicted octanol–water partition coefficient (Wildman–Crippen LogP) is 6.90. The first kappa shape index (κ1) is 24.8. The van der Waals surface area contributed by atoms with Crippen molar-refractivity contribution >= 4 is 40.6 Å². The number of amides is 1. The summed E-state index contributed by atoms with van der Waals surface area (Å²) in [6, 6.07) is 24.2. The Kier molecular flexibility index (Phi) is 7.70. The van der Waals surface area contributed by atoms with Crippen LogP contribution in [0.25, 0.3) is 6.08 Å². The van der Waals surface area contributed by atoms with Crippen molar-refractivity contribution in [2.45, 2.75) is 44.8 Å². The van der Waals surface area contributed by atoms with Gasteiger partial charge in [-0.25, -0.2) is 9.79 Å². The minimum Gasteiger partial charge on any atom is -0.488 e. The molecule has 7 heteroatoms. The summed E-state index contributed by atoms with van der Waals surface area (Å²) in [5.74, 6) is -0.311. The van der Waals surface area contributed by atoms with Gasteiger partial charge in [-0.05, 0) is 66.6 Å². The van der Waals surface area contributed by atoms with Crippen LogP contribution >= 0.6 is 11.8 Å². The van der Waals surface area contributed by atoms with Gasteiger partial charge < -0.3 is 9.84 Å². The molecule has 0 spiro atoms. The van der Waals surface area contributed by atoms with E-state index in [4.69, 9.17) is 14.8 Å². The van der Waals surface area contributed by atoms with Crippen molar-refractivity contribution in [2.75, 3.05) is 0 Å². The van der Waals surface area contributed by atoms with Crippen molar-refractivity contribution in [1.29, 1.82) is 0 Å². The summed E-state index contributed by atoms with van der Waals surface area (Å²) in [4.78, 5) is 32.1. The monoisotopic (exact) mass is 512 g/mol. The number of nitrogens with zero attached hydrogens (tertiary/aromatic N) is 2. The molecule has 3 aromatic rings. The maximum atomic E-state index is 13.7. The molecular weight excluding hydrogens is 484 g/mol. The van der Waals surface area contributed by atoms with E-state index in [-0.39, 0.29) is 24.1 Å². The number of carbonyl (C=O) groups excluding carboxylic acids is 1. The lowest BCUT2D eigenvalue weighted by molar-refractivity contribution is -0.124. The molecule has 0 bridgehead atoms. The number of thioether (sulfide) groups is 1. The van der Waals surface area contributed by atoms with Crippen LogP contribution in [-0.4, -0.2) is 33.1 Å². The summed E-state index contributed by atoms with van der Waals surface area (Å²) in [7, 11) is 0. The first-order valence-corrected chi connectivity index (χ1v) is 13.3. The second-order valence-electron chi connectivity index (χ2n) is 9.14. The van der Waals surface area contributed by atoms with E-state index in [9.17, 15) is 9.59 Å². The van der Waals surface area contributed by atoms with Crippen LogP contribution in [0.15, 0.2) is 88.8 Å². The predicted molar refractivity (Wildman–Crippen MR) is 147 cm³/mol. The minimum absolute atomic E-state index is 0.00866. The second kappa shape index (κ2) is 11.5. The number of hydrogen-bond acceptors (Lipinski definition) is 5. The van der Waals surface area contributed by atoms with E-state index in [1.807, 2.05) is 65.6 Å². The molecule has 1 aliphatic carbocycles. The highest BCUT2D eigenvalue weighted by molar-refractivity contribution is 8.18. The number of carboxylic acid groups (broad SMARTS) is 1. The molecule has 5 rings (SSSR count). The van der Waals surface area contributed by atoms with Crippen molar-refractivity contribution in [2.24, 2.45) is 4.99 Å². The van der Waals surface area contributed by atoms with E-state index in [0.717, 1.165) is 47.7 Å². The summed E-state index contributed by atoms with van der Waals surface area (Å²) < 4.78 is 6.08. The van der Waals surface area contributed by atoms with Crippen LogP contribution in [0, 0.1) is 0 Å². The average Bonchev–Trinajstić information content (AvgIpc) is 3.23. The molecule has 3 aromatic carbocycles. The number of aromatic carboxylic acids is 1. The van der Waals surface area contributed by atoms with Crippen LogP contribution in [0.5, 0.6) is 5.75 Å². The number of carboxylic acids is 1. The number of hydrogen-bond donors (Lipinski definition) is 1. The normalized spacial score (nSPS) is 18.5. The van der Waals surface area contributed by atoms with Crippen LogP contribution in [0.3, 0.4) is 0 Å². The Morgan fingerprint density at radius 1 is 0.973 bits per heavy atom. The van der Waals surface area contributed by atoms with Crippen molar-refractivity contribution in [3.63, 3.8) is 0 Å². The zero-order valence-electron chi connectivity index (χ0n) is 20.4. The molecule has 1 amide bonds. The van der Waals surface area contributed by atoms with E-state index < -0.39 is 5.97 Å². The van der Waals surface area contributed by atoms with Crippen LogP contribution in [0.4, 0.5) is 5.69 Å². The van der Waals surface area contributed by atoms with Crippen LogP contribution in [0.1, 0.15) is 53.6 Å². The lowest BCUT2D eigenvalue weighted by Crippen LogP contribution is -2.40. The third-order valence-corrected chi connectivity index (χ3v) is 7.54. The first-order chi connectivity index (χ1) is 18.1. The van der Waals surface area contributed by atoms with Gasteiger partial charge in [-0.2, -0.15) is 0 Å². The third kappa shape index (κ3) is 5.94. The zero-order chi connectivity index (χ0) is 25.6. The fourth-order valence-electron chi connectivity index (χ4n) is 4.62. The van der Waals surface area contributed by atoms with Gasteiger partial charge in [0.2, 0.25) is 0 Å². The number of carbonyl (C=O) groups is 2. The quantitative estimate of drug-likeness (QED) is 0.348. The van der Waals surface area contributed by atoms with Crippen LogP contribution in [0.2, 0.25) is 0 Å². The second-order valence-corrected chi connectivity index (χ2v) is 10.1. The van der Waals surface area contributed by atoms with Crippen molar-refractivity contribution < 1.29 is 19.4 Å². The standard InChI is InChI=1S/C30H28N2O4S/c33-28-27(37-30(31-24-10-3-1-4-11-24)32(28)25-12-5-2-6-13-25)19-23-9-7-8-14-26(23)36-20-21-15-17-22(18-16-21)29(34)35/h1,3-4,7-11,14-19,25H,2,5-6,12-13,20H2,(H,34,35)/b27-19-,31-30?. The van der Waals surface area contributed by atoms with Crippen molar-refractivity contribution in [3.8, 4) is 5.75 Å². The molecule has 1 heterocycles. The van der Waals surface area contributed by atoms with Crippen LogP contribution < -0.4 is 4.74 Å². The summed E-state index contributed by atoms with van der Waals surface area (Å²) in [5.41, 5.74) is 2.74. The van der Waals surface area contributed by atoms with Crippen molar-refractivity contribution in [1.82, 2.24) is 4.90 Å². The van der Waals surface area contributed by atoms with Crippen LogP contribution in [-0.2, 0) is 11.4 Å². The Morgan fingerprint density at radius 2 is 1.68 bits per heavy atom. The molecule has 1 aliphatic heterocycles. The van der Waals surface area contributed by atoms with E-state index in [2.05, 4.69) is 0 Å². The van der Waals surface area contributed by atoms with Gasteiger partial charge >= 0.3 is 5.97 Å². The van der Waals surface area contributed by atoms with Gasteiger partial charge in [-0.1, -0.05) is 67.8 Å². The lowest BCUT2D eigenvalue weighted by atomic mass is 9.94. The highest BCUT2D eigenvalue weighted by Crippen LogP contribution is 2.39. The molecule has 6 nitrogen and oxygen atoms in total. The highest BCUT2D eigenvalue weighted by atomic mass is 32.2. The molecule has 1 saturated carbocycles. The number of amidine groups is 1. The number of para-hydroxylation sites is 2.